The molecular weight excluding hydrogens is 257 g/mol. The first-order valence-corrected chi connectivity index (χ1v) is 6.09. The van der Waals surface area contributed by atoms with Gasteiger partial charge < -0.3 is 10.4 Å². The molecule has 3 nitrogen and oxygen atoms in total. The highest BCUT2D eigenvalue weighted by molar-refractivity contribution is 6.02. The molecule has 4 heteroatoms. The second-order valence-corrected chi connectivity index (χ2v) is 4.38. The van der Waals surface area contributed by atoms with Crippen molar-refractivity contribution in [3.63, 3.8) is 0 Å². The molecule has 102 valence electrons. The minimum atomic E-state index is -0.314. The first-order valence-electron chi connectivity index (χ1n) is 6.09. The van der Waals surface area contributed by atoms with Gasteiger partial charge in [0.05, 0.1) is 0 Å². The second-order valence-electron chi connectivity index (χ2n) is 4.38. The van der Waals surface area contributed by atoms with Gasteiger partial charge in [-0.05, 0) is 54.5 Å². The van der Waals surface area contributed by atoms with E-state index in [4.69, 9.17) is 0 Å². The van der Waals surface area contributed by atoms with E-state index in [9.17, 15) is 14.3 Å². The first-order chi connectivity index (χ1) is 9.54. The predicted molar refractivity (Wildman–Crippen MR) is 76.9 cm³/mol. The van der Waals surface area contributed by atoms with Crippen molar-refractivity contribution in [3.05, 3.63) is 65.5 Å². The van der Waals surface area contributed by atoms with Crippen molar-refractivity contribution in [2.45, 2.75) is 6.92 Å². The number of halogens is 1. The van der Waals surface area contributed by atoms with Crippen LogP contribution in [0.5, 0.6) is 5.75 Å². The summed E-state index contributed by atoms with van der Waals surface area (Å²) in [6, 6.07) is 10.7. The topological polar surface area (TPSA) is 49.3 Å². The fourth-order valence-corrected chi connectivity index (χ4v) is 1.66. The Hall–Kier alpha value is -2.62. The molecule has 20 heavy (non-hydrogen) atoms. The van der Waals surface area contributed by atoms with Gasteiger partial charge in [0, 0.05) is 11.8 Å². The van der Waals surface area contributed by atoms with Crippen LogP contribution < -0.4 is 5.32 Å². The average Bonchev–Trinajstić information content (AvgIpc) is 2.42. The summed E-state index contributed by atoms with van der Waals surface area (Å²) in [6.07, 6.45) is 2.97. The molecular formula is C16H14FNO2. The number of carbonyl (C=O) groups excluding carboxylic acids is 1. The lowest BCUT2D eigenvalue weighted by atomic mass is 10.2. The van der Waals surface area contributed by atoms with Gasteiger partial charge in [-0.1, -0.05) is 12.1 Å². The highest BCUT2D eigenvalue weighted by atomic mass is 19.1. The van der Waals surface area contributed by atoms with E-state index in [1.807, 2.05) is 0 Å². The van der Waals surface area contributed by atoms with Gasteiger partial charge in [0.2, 0.25) is 5.91 Å². The smallest absolute Gasteiger partial charge is 0.248 e. The summed E-state index contributed by atoms with van der Waals surface area (Å²) in [5.41, 5.74) is 2.03. The van der Waals surface area contributed by atoms with Crippen molar-refractivity contribution in [2.24, 2.45) is 0 Å². The molecule has 0 aliphatic carbocycles. The third-order valence-corrected chi connectivity index (χ3v) is 2.76. The number of phenolic OH excluding ortho intramolecular Hbond substituents is 1. The molecule has 0 aliphatic heterocycles. The molecule has 0 heterocycles. The van der Waals surface area contributed by atoms with E-state index < -0.39 is 0 Å². The first kappa shape index (κ1) is 13.8. The zero-order chi connectivity index (χ0) is 14.5. The Kier molecular flexibility index (Phi) is 4.15. The molecule has 0 saturated heterocycles. The van der Waals surface area contributed by atoms with E-state index in [0.717, 1.165) is 5.56 Å². The van der Waals surface area contributed by atoms with Gasteiger partial charge in [-0.2, -0.15) is 0 Å². The molecule has 2 aromatic carbocycles. The van der Waals surface area contributed by atoms with Crippen LogP contribution in [0.25, 0.3) is 6.08 Å². The van der Waals surface area contributed by atoms with Crippen LogP contribution in [-0.2, 0) is 4.79 Å². The number of carbonyl (C=O) groups is 1. The van der Waals surface area contributed by atoms with Crippen molar-refractivity contribution in [1.29, 1.82) is 0 Å². The molecule has 0 spiro atoms. The Morgan fingerprint density at radius 2 is 1.90 bits per heavy atom. The summed E-state index contributed by atoms with van der Waals surface area (Å²) < 4.78 is 12.7. The van der Waals surface area contributed by atoms with Crippen LogP contribution in [0.4, 0.5) is 10.1 Å². The van der Waals surface area contributed by atoms with E-state index in [-0.39, 0.29) is 17.5 Å². The van der Waals surface area contributed by atoms with Gasteiger partial charge >= 0.3 is 0 Å². The van der Waals surface area contributed by atoms with Gasteiger partial charge in [0.1, 0.15) is 11.6 Å². The molecule has 0 radical (unpaired) electrons. The lowest BCUT2D eigenvalue weighted by Crippen LogP contribution is -2.07. The second kappa shape index (κ2) is 6.02. The number of aromatic hydroxyl groups is 1. The summed E-state index contributed by atoms with van der Waals surface area (Å²) in [4.78, 5) is 11.7. The lowest BCUT2D eigenvalue weighted by Gasteiger charge is -2.04. The van der Waals surface area contributed by atoms with Crippen molar-refractivity contribution in [3.8, 4) is 5.75 Å². The summed E-state index contributed by atoms with van der Waals surface area (Å²) in [5, 5.41) is 12.1. The highest BCUT2D eigenvalue weighted by Crippen LogP contribution is 2.20. The molecule has 0 bridgehead atoms. The van der Waals surface area contributed by atoms with Crippen LogP contribution in [0.2, 0.25) is 0 Å². The number of benzene rings is 2. The van der Waals surface area contributed by atoms with Gasteiger partial charge in [0.25, 0.3) is 0 Å². The van der Waals surface area contributed by atoms with E-state index in [1.54, 1.807) is 37.3 Å². The normalized spacial score (nSPS) is 10.7. The van der Waals surface area contributed by atoms with Gasteiger partial charge in [-0.3, -0.25) is 4.79 Å². The molecule has 0 saturated carbocycles. The van der Waals surface area contributed by atoms with Gasteiger partial charge in [0.15, 0.2) is 0 Å². The Morgan fingerprint density at radius 3 is 2.55 bits per heavy atom. The van der Waals surface area contributed by atoms with Gasteiger partial charge in [-0.25, -0.2) is 4.39 Å². The summed E-state index contributed by atoms with van der Waals surface area (Å²) in [6.45, 7) is 1.75. The number of aryl methyl sites for hydroxylation is 1. The minimum Gasteiger partial charge on any atom is -0.508 e. The van der Waals surface area contributed by atoms with Crippen molar-refractivity contribution in [2.75, 3.05) is 5.32 Å². The Labute approximate surface area is 116 Å². The predicted octanol–water partition coefficient (Wildman–Crippen LogP) is 3.49. The third kappa shape index (κ3) is 3.68. The van der Waals surface area contributed by atoms with E-state index in [0.29, 0.717) is 11.3 Å². The maximum absolute atomic E-state index is 12.7. The largest absolute Gasteiger partial charge is 0.508 e. The van der Waals surface area contributed by atoms with Crippen LogP contribution in [0.1, 0.15) is 11.1 Å². The molecule has 0 atom stereocenters. The molecule has 0 aromatic heterocycles. The highest BCUT2D eigenvalue weighted by Gasteiger charge is 2.01. The lowest BCUT2D eigenvalue weighted by molar-refractivity contribution is -0.111. The average molecular weight is 271 g/mol. The van der Waals surface area contributed by atoms with Crippen LogP contribution in [-0.4, -0.2) is 11.0 Å². The quantitative estimate of drug-likeness (QED) is 0.663. The van der Waals surface area contributed by atoms with Crippen LogP contribution in [0, 0.1) is 12.7 Å². The molecule has 0 unspecified atom stereocenters. The summed E-state index contributed by atoms with van der Waals surface area (Å²) in [5.74, 6) is -0.421. The van der Waals surface area contributed by atoms with E-state index in [2.05, 4.69) is 5.32 Å². The number of hydrogen-bond acceptors (Lipinski definition) is 2. The Morgan fingerprint density at radius 1 is 1.20 bits per heavy atom. The molecule has 0 fully saturated rings. The maximum atomic E-state index is 12.7. The maximum Gasteiger partial charge on any atom is 0.248 e. The number of rotatable bonds is 3. The summed E-state index contributed by atoms with van der Waals surface area (Å²) in [7, 11) is 0. The third-order valence-electron chi connectivity index (χ3n) is 2.76. The number of hydrogen-bond donors (Lipinski definition) is 2. The number of phenols is 1. The van der Waals surface area contributed by atoms with Gasteiger partial charge in [-0.15, -0.1) is 0 Å². The van der Waals surface area contributed by atoms with Crippen LogP contribution in [0.3, 0.4) is 0 Å². The van der Waals surface area contributed by atoms with Crippen LogP contribution >= 0.6 is 0 Å². The van der Waals surface area contributed by atoms with E-state index in [1.165, 1.54) is 24.3 Å². The monoisotopic (exact) mass is 271 g/mol. The Balaban J connectivity index is 2.01. The fourth-order valence-electron chi connectivity index (χ4n) is 1.66. The molecule has 2 aromatic rings. The molecule has 1 amide bonds. The molecule has 2 rings (SSSR count). The Bertz CT molecular complexity index is 648. The molecule has 2 N–H and O–H groups in total. The van der Waals surface area contributed by atoms with Crippen LogP contribution in [0.15, 0.2) is 48.5 Å². The standard InChI is InChI=1S/C16H14FNO2/c1-11-10-14(7-8-15(11)19)18-16(20)9-4-12-2-5-13(17)6-3-12/h2-10,19H,1H3,(H,18,20)/b9-4+. The fraction of sp³-hybridized carbons (Fsp3) is 0.0625. The number of anilines is 1. The number of nitrogens with one attached hydrogen (secondary N) is 1. The summed E-state index contributed by atoms with van der Waals surface area (Å²) >= 11 is 0. The zero-order valence-electron chi connectivity index (χ0n) is 10.9. The SMILES string of the molecule is Cc1cc(NC(=O)/C=C/c2ccc(F)cc2)ccc1O. The number of amides is 1. The van der Waals surface area contributed by atoms with E-state index >= 15 is 0 Å². The molecule has 0 aliphatic rings. The minimum absolute atomic E-state index is 0.185. The van der Waals surface area contributed by atoms with Crippen molar-refractivity contribution < 1.29 is 14.3 Å². The van der Waals surface area contributed by atoms with Crippen molar-refractivity contribution in [1.82, 2.24) is 0 Å². The zero-order valence-corrected chi connectivity index (χ0v) is 10.9. The van der Waals surface area contributed by atoms with Crippen molar-refractivity contribution >= 4 is 17.7 Å².